The Kier molecular flexibility index (Phi) is 6.56. The Morgan fingerprint density at radius 2 is 1.96 bits per heavy atom. The van der Waals surface area contributed by atoms with Crippen LogP contribution in [0.3, 0.4) is 0 Å². The summed E-state index contributed by atoms with van der Waals surface area (Å²) in [6.45, 7) is 8.35. The lowest BCUT2D eigenvalue weighted by atomic mass is 10.0. The van der Waals surface area contributed by atoms with Crippen molar-refractivity contribution >= 4 is 17.8 Å². The van der Waals surface area contributed by atoms with Gasteiger partial charge in [-0.15, -0.1) is 0 Å². The lowest BCUT2D eigenvalue weighted by Crippen LogP contribution is -2.40. The van der Waals surface area contributed by atoms with E-state index in [1.54, 1.807) is 25.8 Å². The maximum atomic E-state index is 12.1. The summed E-state index contributed by atoms with van der Waals surface area (Å²) in [5.41, 5.74) is 5.12. The molecule has 132 valence electrons. The van der Waals surface area contributed by atoms with Crippen LogP contribution in [0.5, 0.6) is 0 Å². The molecule has 0 aromatic rings. The van der Waals surface area contributed by atoms with Crippen LogP contribution in [0.2, 0.25) is 0 Å². The molecule has 1 aliphatic rings. The third kappa shape index (κ3) is 5.20. The van der Waals surface area contributed by atoms with Gasteiger partial charge in [0, 0.05) is 32.6 Å². The minimum Gasteiger partial charge on any atom is -0.346 e. The van der Waals surface area contributed by atoms with E-state index in [0.717, 1.165) is 6.42 Å². The molecule has 0 aliphatic carbocycles. The number of imide groups is 1. The van der Waals surface area contributed by atoms with E-state index in [0.29, 0.717) is 25.3 Å². The number of nitrogens with zero attached hydrogens (tertiary/aromatic N) is 2. The Balaban J connectivity index is 2.34. The SMILES string of the molecule is CC(C)C(N)CCN(C)C(=O)CCCN1C(=O)NC(C)(C)C1=O. The van der Waals surface area contributed by atoms with Crippen LogP contribution in [0.25, 0.3) is 0 Å². The van der Waals surface area contributed by atoms with Gasteiger partial charge >= 0.3 is 6.03 Å². The molecule has 7 nitrogen and oxygen atoms in total. The number of carbonyl (C=O) groups is 3. The molecule has 7 heteroatoms. The van der Waals surface area contributed by atoms with Gasteiger partial charge in [-0.3, -0.25) is 14.5 Å². The van der Waals surface area contributed by atoms with E-state index in [1.165, 1.54) is 4.90 Å². The second-order valence-electron chi connectivity index (χ2n) is 7.13. The average molecular weight is 326 g/mol. The first-order valence-electron chi connectivity index (χ1n) is 8.20. The molecule has 1 saturated heterocycles. The van der Waals surface area contributed by atoms with Crippen molar-refractivity contribution in [3.63, 3.8) is 0 Å². The Morgan fingerprint density at radius 3 is 2.43 bits per heavy atom. The minimum atomic E-state index is -0.856. The second-order valence-corrected chi connectivity index (χ2v) is 7.13. The van der Waals surface area contributed by atoms with E-state index in [9.17, 15) is 14.4 Å². The first-order chi connectivity index (χ1) is 10.6. The van der Waals surface area contributed by atoms with Crippen molar-refractivity contribution in [1.29, 1.82) is 0 Å². The lowest BCUT2D eigenvalue weighted by molar-refractivity contribution is -0.132. The normalized spacial score (nSPS) is 18.3. The van der Waals surface area contributed by atoms with Crippen LogP contribution in [0.4, 0.5) is 4.79 Å². The van der Waals surface area contributed by atoms with Crippen LogP contribution in [-0.4, -0.2) is 59.4 Å². The number of nitrogens with one attached hydrogen (secondary N) is 1. The van der Waals surface area contributed by atoms with Gasteiger partial charge in [0.25, 0.3) is 5.91 Å². The molecule has 1 atom stereocenters. The maximum absolute atomic E-state index is 12.1. The van der Waals surface area contributed by atoms with Gasteiger partial charge in [0.15, 0.2) is 0 Å². The van der Waals surface area contributed by atoms with Gasteiger partial charge in [-0.2, -0.15) is 0 Å². The summed E-state index contributed by atoms with van der Waals surface area (Å²) in [7, 11) is 1.76. The zero-order valence-electron chi connectivity index (χ0n) is 14.9. The van der Waals surface area contributed by atoms with Crippen molar-refractivity contribution in [3.05, 3.63) is 0 Å². The predicted molar refractivity (Wildman–Crippen MR) is 88.6 cm³/mol. The van der Waals surface area contributed by atoms with Crippen LogP contribution in [0.1, 0.15) is 47.0 Å². The fraction of sp³-hybridized carbons (Fsp3) is 0.812. The molecule has 1 heterocycles. The van der Waals surface area contributed by atoms with E-state index in [-0.39, 0.29) is 30.4 Å². The van der Waals surface area contributed by atoms with Crippen LogP contribution < -0.4 is 11.1 Å². The number of urea groups is 1. The van der Waals surface area contributed by atoms with Crippen molar-refractivity contribution in [2.75, 3.05) is 20.1 Å². The van der Waals surface area contributed by atoms with E-state index in [2.05, 4.69) is 19.2 Å². The molecule has 1 unspecified atom stereocenters. The highest BCUT2D eigenvalue weighted by molar-refractivity contribution is 6.06. The van der Waals surface area contributed by atoms with Gasteiger partial charge < -0.3 is 16.0 Å². The van der Waals surface area contributed by atoms with Crippen LogP contribution in [0, 0.1) is 5.92 Å². The molecule has 0 aromatic heterocycles. The molecular weight excluding hydrogens is 296 g/mol. The Morgan fingerprint density at radius 1 is 1.35 bits per heavy atom. The summed E-state index contributed by atoms with van der Waals surface area (Å²) in [6, 6.07) is -0.304. The van der Waals surface area contributed by atoms with E-state index < -0.39 is 5.54 Å². The average Bonchev–Trinajstić information content (AvgIpc) is 2.65. The molecule has 0 bridgehead atoms. The maximum Gasteiger partial charge on any atom is 0.325 e. The predicted octanol–water partition coefficient (Wildman–Crippen LogP) is 0.929. The van der Waals surface area contributed by atoms with Crippen LogP contribution in [0.15, 0.2) is 0 Å². The molecular formula is C16H30N4O3. The fourth-order valence-electron chi connectivity index (χ4n) is 2.40. The van der Waals surface area contributed by atoms with Crippen molar-refractivity contribution in [2.45, 2.75) is 58.5 Å². The lowest BCUT2D eigenvalue weighted by Gasteiger charge is -2.22. The highest BCUT2D eigenvalue weighted by Gasteiger charge is 2.43. The monoisotopic (exact) mass is 326 g/mol. The Hall–Kier alpha value is -1.63. The standard InChI is InChI=1S/C16H30N4O3/c1-11(2)12(17)8-10-19(5)13(21)7-6-9-20-14(22)16(3,4)18-15(20)23/h11-12H,6-10,17H2,1-5H3,(H,18,23). The topological polar surface area (TPSA) is 95.7 Å². The van der Waals surface area contributed by atoms with Crippen LogP contribution >= 0.6 is 0 Å². The van der Waals surface area contributed by atoms with Gasteiger partial charge in [0.05, 0.1) is 0 Å². The number of hydrogen-bond donors (Lipinski definition) is 2. The highest BCUT2D eigenvalue weighted by Crippen LogP contribution is 2.17. The number of nitrogens with two attached hydrogens (primary N) is 1. The zero-order chi connectivity index (χ0) is 17.8. The largest absolute Gasteiger partial charge is 0.346 e. The summed E-state index contributed by atoms with van der Waals surface area (Å²) >= 11 is 0. The molecule has 1 fully saturated rings. The van der Waals surface area contributed by atoms with Gasteiger partial charge in [-0.1, -0.05) is 13.8 Å². The molecule has 1 rings (SSSR count). The molecule has 0 aromatic carbocycles. The Bertz CT molecular complexity index is 462. The summed E-state index contributed by atoms with van der Waals surface area (Å²) < 4.78 is 0. The molecule has 0 spiro atoms. The molecule has 0 saturated carbocycles. The first-order valence-corrected chi connectivity index (χ1v) is 8.20. The highest BCUT2D eigenvalue weighted by atomic mass is 16.2. The molecule has 3 N–H and O–H groups in total. The molecule has 0 radical (unpaired) electrons. The number of amides is 4. The van der Waals surface area contributed by atoms with Crippen molar-refractivity contribution in [1.82, 2.24) is 15.1 Å². The third-order valence-electron chi connectivity index (χ3n) is 4.30. The van der Waals surface area contributed by atoms with E-state index in [4.69, 9.17) is 5.73 Å². The molecule has 4 amide bonds. The van der Waals surface area contributed by atoms with Crippen molar-refractivity contribution in [2.24, 2.45) is 11.7 Å². The Labute approximate surface area is 138 Å². The zero-order valence-corrected chi connectivity index (χ0v) is 14.9. The minimum absolute atomic E-state index is 0.00673. The molecule has 1 aliphatic heterocycles. The van der Waals surface area contributed by atoms with Gasteiger partial charge in [0.2, 0.25) is 5.91 Å². The number of hydrogen-bond acceptors (Lipinski definition) is 4. The summed E-state index contributed by atoms with van der Waals surface area (Å²) in [5.74, 6) is 0.153. The van der Waals surface area contributed by atoms with Crippen molar-refractivity contribution < 1.29 is 14.4 Å². The number of rotatable bonds is 8. The van der Waals surface area contributed by atoms with Gasteiger partial charge in [-0.05, 0) is 32.6 Å². The smallest absolute Gasteiger partial charge is 0.325 e. The van der Waals surface area contributed by atoms with Crippen molar-refractivity contribution in [3.8, 4) is 0 Å². The van der Waals surface area contributed by atoms with E-state index in [1.807, 2.05) is 0 Å². The summed E-state index contributed by atoms with van der Waals surface area (Å²) in [4.78, 5) is 38.7. The summed E-state index contributed by atoms with van der Waals surface area (Å²) in [6.07, 6.45) is 1.54. The van der Waals surface area contributed by atoms with Gasteiger partial charge in [0.1, 0.15) is 5.54 Å². The van der Waals surface area contributed by atoms with E-state index >= 15 is 0 Å². The second kappa shape index (κ2) is 7.77. The fourth-order valence-corrected chi connectivity index (χ4v) is 2.40. The van der Waals surface area contributed by atoms with Crippen LogP contribution in [-0.2, 0) is 9.59 Å². The van der Waals surface area contributed by atoms with Gasteiger partial charge in [-0.25, -0.2) is 4.79 Å². The third-order valence-corrected chi connectivity index (χ3v) is 4.30. The summed E-state index contributed by atoms with van der Waals surface area (Å²) in [5, 5.41) is 2.63. The number of carbonyl (C=O) groups excluding carboxylic acids is 3. The quantitative estimate of drug-likeness (QED) is 0.649. The first kappa shape index (κ1) is 19.4. The molecule has 23 heavy (non-hydrogen) atoms.